The van der Waals surface area contributed by atoms with E-state index in [9.17, 15) is 4.79 Å². The van der Waals surface area contributed by atoms with E-state index in [4.69, 9.17) is 0 Å². The lowest BCUT2D eigenvalue weighted by Crippen LogP contribution is -2.44. The summed E-state index contributed by atoms with van der Waals surface area (Å²) in [6.07, 6.45) is 8.01. The maximum atomic E-state index is 13.0. The van der Waals surface area contributed by atoms with Crippen molar-refractivity contribution in [1.82, 2.24) is 14.8 Å². The topological polar surface area (TPSA) is 37.3 Å². The molecular weight excluding hydrogens is 330 g/mol. The molecule has 0 spiro atoms. The molecule has 0 bridgehead atoms. The second-order valence-electron chi connectivity index (χ2n) is 7.45. The minimum absolute atomic E-state index is 0.0539. The van der Waals surface area contributed by atoms with Crippen molar-refractivity contribution in [2.75, 3.05) is 0 Å². The molecule has 1 N–H and O–H groups in total. The Morgan fingerprint density at radius 2 is 2.12 bits per heavy atom. The van der Waals surface area contributed by atoms with Crippen molar-refractivity contribution in [3.05, 3.63) is 40.0 Å². The Morgan fingerprint density at radius 1 is 1.32 bits per heavy atom. The molecule has 4 rings (SSSR count). The van der Waals surface area contributed by atoms with E-state index in [-0.39, 0.29) is 18.1 Å². The summed E-state index contributed by atoms with van der Waals surface area (Å²) in [6, 6.07) is 4.61. The molecule has 1 unspecified atom stereocenters. The van der Waals surface area contributed by atoms with Gasteiger partial charge >= 0.3 is 6.03 Å². The molecular formula is C20H27N3OS. The molecule has 0 aromatic carbocycles. The maximum absolute atomic E-state index is 13.0. The van der Waals surface area contributed by atoms with E-state index in [1.165, 1.54) is 46.0 Å². The summed E-state index contributed by atoms with van der Waals surface area (Å²) in [7, 11) is 0. The van der Waals surface area contributed by atoms with Gasteiger partial charge in [0, 0.05) is 28.4 Å². The third-order valence-corrected chi connectivity index (χ3v) is 6.70. The third-order valence-electron chi connectivity index (χ3n) is 5.36. The number of hydrogen-bond donors (Lipinski definition) is 1. The molecule has 1 aliphatic carbocycles. The second kappa shape index (κ2) is 6.52. The Labute approximate surface area is 153 Å². The van der Waals surface area contributed by atoms with E-state index in [0.717, 1.165) is 19.4 Å². The number of nitrogens with one attached hydrogen (secondary N) is 1. The molecule has 0 fully saturated rings. The van der Waals surface area contributed by atoms with Crippen LogP contribution in [0.4, 0.5) is 4.79 Å². The monoisotopic (exact) mass is 357 g/mol. The van der Waals surface area contributed by atoms with Crippen molar-refractivity contribution in [1.29, 1.82) is 0 Å². The Bertz CT molecular complexity index is 789. The zero-order chi connectivity index (χ0) is 17.6. The minimum atomic E-state index is 0.0539. The Morgan fingerprint density at radius 3 is 2.88 bits per heavy atom. The first kappa shape index (κ1) is 16.7. The standard InChI is InChI=1S/C20H27N3OS/c1-4-16-17-9-7-11-22(17)19-15(12-23(16)20(24)21-13(2)3)14-8-5-6-10-18(14)25-19/h7,9,11,13,16H,4-6,8,10,12H2,1-3H3,(H,21,24). The van der Waals surface area contributed by atoms with E-state index < -0.39 is 0 Å². The quantitative estimate of drug-likeness (QED) is 0.823. The molecule has 134 valence electrons. The smallest absolute Gasteiger partial charge is 0.318 e. The van der Waals surface area contributed by atoms with Gasteiger partial charge in [-0.2, -0.15) is 0 Å². The summed E-state index contributed by atoms with van der Waals surface area (Å²) >= 11 is 1.94. The minimum Gasteiger partial charge on any atom is -0.336 e. The Hall–Kier alpha value is -1.75. The van der Waals surface area contributed by atoms with Crippen LogP contribution < -0.4 is 5.32 Å². The molecule has 2 aliphatic rings. The van der Waals surface area contributed by atoms with Gasteiger partial charge in [0.25, 0.3) is 0 Å². The zero-order valence-electron chi connectivity index (χ0n) is 15.3. The predicted molar refractivity (Wildman–Crippen MR) is 103 cm³/mol. The maximum Gasteiger partial charge on any atom is 0.318 e. The molecule has 2 aromatic heterocycles. The number of rotatable bonds is 2. The van der Waals surface area contributed by atoms with Gasteiger partial charge in [-0.25, -0.2) is 4.79 Å². The summed E-state index contributed by atoms with van der Waals surface area (Å²) < 4.78 is 2.34. The van der Waals surface area contributed by atoms with Gasteiger partial charge in [0.2, 0.25) is 0 Å². The summed E-state index contributed by atoms with van der Waals surface area (Å²) in [6.45, 7) is 6.95. The van der Waals surface area contributed by atoms with Gasteiger partial charge < -0.3 is 14.8 Å². The zero-order valence-corrected chi connectivity index (χ0v) is 16.2. The second-order valence-corrected chi connectivity index (χ2v) is 8.54. The number of urea groups is 1. The number of aromatic nitrogens is 1. The molecule has 1 atom stereocenters. The molecule has 5 heteroatoms. The fraction of sp³-hybridized carbons (Fsp3) is 0.550. The van der Waals surface area contributed by atoms with Crippen LogP contribution in [0.25, 0.3) is 5.00 Å². The van der Waals surface area contributed by atoms with Crippen LogP contribution in [0.1, 0.15) is 67.8 Å². The van der Waals surface area contributed by atoms with E-state index in [2.05, 4.69) is 40.0 Å². The van der Waals surface area contributed by atoms with Crippen molar-refractivity contribution in [2.24, 2.45) is 0 Å². The first-order valence-electron chi connectivity index (χ1n) is 9.48. The average molecular weight is 358 g/mol. The van der Waals surface area contributed by atoms with Gasteiger partial charge in [0.15, 0.2) is 0 Å². The van der Waals surface area contributed by atoms with Crippen LogP contribution in [-0.2, 0) is 19.4 Å². The third kappa shape index (κ3) is 2.78. The SMILES string of the molecule is CCC1c2cccn2-c2sc3c(c2CN1C(=O)NC(C)C)CCCC3. The van der Waals surface area contributed by atoms with Crippen LogP contribution in [0.15, 0.2) is 18.3 Å². The number of carbonyl (C=O) groups is 1. The molecule has 1 aliphatic heterocycles. The van der Waals surface area contributed by atoms with Crippen LogP contribution in [0.3, 0.4) is 0 Å². The molecule has 4 nitrogen and oxygen atoms in total. The van der Waals surface area contributed by atoms with Gasteiger partial charge in [-0.3, -0.25) is 0 Å². The van der Waals surface area contributed by atoms with Gasteiger partial charge in [-0.1, -0.05) is 6.92 Å². The van der Waals surface area contributed by atoms with Gasteiger partial charge in [-0.15, -0.1) is 11.3 Å². The Balaban J connectivity index is 1.84. The molecule has 0 saturated carbocycles. The fourth-order valence-corrected chi connectivity index (χ4v) is 5.64. The summed E-state index contributed by atoms with van der Waals surface area (Å²) in [5, 5.41) is 4.45. The highest BCUT2D eigenvalue weighted by atomic mass is 32.1. The van der Waals surface area contributed by atoms with E-state index >= 15 is 0 Å². The molecule has 0 radical (unpaired) electrons. The fourth-order valence-electron chi connectivity index (χ4n) is 4.24. The van der Waals surface area contributed by atoms with Crippen molar-refractivity contribution in [3.63, 3.8) is 0 Å². The highest BCUT2D eigenvalue weighted by Crippen LogP contribution is 2.42. The first-order valence-corrected chi connectivity index (χ1v) is 10.3. The van der Waals surface area contributed by atoms with Gasteiger partial charge in [-0.05, 0) is 63.6 Å². The van der Waals surface area contributed by atoms with Gasteiger partial charge in [0.1, 0.15) is 5.00 Å². The number of hydrogen-bond acceptors (Lipinski definition) is 2. The highest BCUT2D eigenvalue weighted by Gasteiger charge is 2.34. The number of nitrogens with zero attached hydrogens (tertiary/aromatic N) is 2. The average Bonchev–Trinajstić information content (AvgIpc) is 3.16. The predicted octanol–water partition coefficient (Wildman–Crippen LogP) is 4.80. The first-order chi connectivity index (χ1) is 12.1. The Kier molecular flexibility index (Phi) is 4.36. The molecule has 2 amide bonds. The van der Waals surface area contributed by atoms with Crippen LogP contribution >= 0.6 is 11.3 Å². The van der Waals surface area contributed by atoms with Crippen molar-refractivity contribution in [3.8, 4) is 5.00 Å². The van der Waals surface area contributed by atoms with Crippen LogP contribution in [0.2, 0.25) is 0 Å². The number of thiophene rings is 1. The van der Waals surface area contributed by atoms with E-state index in [1.807, 2.05) is 25.2 Å². The number of amides is 2. The lowest BCUT2D eigenvalue weighted by molar-refractivity contribution is 0.165. The van der Waals surface area contributed by atoms with E-state index in [1.54, 1.807) is 0 Å². The van der Waals surface area contributed by atoms with Crippen LogP contribution in [0.5, 0.6) is 0 Å². The summed E-state index contributed by atoms with van der Waals surface area (Å²) in [4.78, 5) is 16.6. The van der Waals surface area contributed by atoms with Crippen molar-refractivity contribution >= 4 is 17.4 Å². The highest BCUT2D eigenvalue weighted by molar-refractivity contribution is 7.15. The van der Waals surface area contributed by atoms with Crippen molar-refractivity contribution < 1.29 is 4.79 Å². The normalized spacial score (nSPS) is 19.2. The van der Waals surface area contributed by atoms with Crippen LogP contribution in [0, 0.1) is 0 Å². The molecule has 2 aromatic rings. The largest absolute Gasteiger partial charge is 0.336 e. The molecule has 0 saturated heterocycles. The lowest BCUT2D eigenvalue weighted by atomic mass is 9.95. The summed E-state index contributed by atoms with van der Waals surface area (Å²) in [5.41, 5.74) is 4.13. The summed E-state index contributed by atoms with van der Waals surface area (Å²) in [5.74, 6) is 0. The molecule has 3 heterocycles. The number of carbonyl (C=O) groups excluding carboxylic acids is 1. The van der Waals surface area contributed by atoms with Crippen LogP contribution in [-0.4, -0.2) is 21.5 Å². The lowest BCUT2D eigenvalue weighted by Gasteiger charge is -2.31. The number of fused-ring (bicyclic) bond motifs is 5. The molecule has 25 heavy (non-hydrogen) atoms. The van der Waals surface area contributed by atoms with Gasteiger partial charge in [0.05, 0.1) is 12.6 Å². The van der Waals surface area contributed by atoms with Crippen molar-refractivity contribution in [2.45, 2.75) is 71.5 Å². The number of aryl methyl sites for hydroxylation is 1. The van der Waals surface area contributed by atoms with E-state index in [0.29, 0.717) is 0 Å².